The van der Waals surface area contributed by atoms with Gasteiger partial charge in [0.25, 0.3) is 5.91 Å². The quantitative estimate of drug-likeness (QED) is 0.877. The fourth-order valence-corrected chi connectivity index (χ4v) is 2.95. The van der Waals surface area contributed by atoms with Crippen molar-refractivity contribution in [1.29, 1.82) is 0 Å². The lowest BCUT2D eigenvalue weighted by atomic mass is 10.1. The Balaban J connectivity index is 1.60. The summed E-state index contributed by atoms with van der Waals surface area (Å²) in [6, 6.07) is 14.9. The Kier molecular flexibility index (Phi) is 5.56. The highest BCUT2D eigenvalue weighted by atomic mass is 16.5. The van der Waals surface area contributed by atoms with E-state index in [1.54, 1.807) is 0 Å². The fraction of sp³-hybridized carbons (Fsp3) is 0.350. The van der Waals surface area contributed by atoms with Gasteiger partial charge in [-0.15, -0.1) is 0 Å². The average Bonchev–Trinajstić information content (AvgIpc) is 2.64. The summed E-state index contributed by atoms with van der Waals surface area (Å²) < 4.78 is 5.39. The SMILES string of the molecule is CCOc1ccc(NC(=O)c2ccc(N3CCC(O)CC3)cc2)cc1. The molecule has 0 saturated carbocycles. The normalized spacial score (nSPS) is 15.0. The van der Waals surface area contributed by atoms with Crippen molar-refractivity contribution < 1.29 is 14.6 Å². The van der Waals surface area contributed by atoms with Crippen LogP contribution in [0.2, 0.25) is 0 Å². The molecule has 0 bridgehead atoms. The molecule has 5 heteroatoms. The molecule has 1 aliphatic heterocycles. The van der Waals surface area contributed by atoms with Gasteiger partial charge >= 0.3 is 0 Å². The van der Waals surface area contributed by atoms with Crippen LogP contribution in [0.3, 0.4) is 0 Å². The van der Waals surface area contributed by atoms with Crippen molar-refractivity contribution >= 4 is 17.3 Å². The van der Waals surface area contributed by atoms with Crippen LogP contribution in [0.15, 0.2) is 48.5 Å². The Hall–Kier alpha value is -2.53. The minimum Gasteiger partial charge on any atom is -0.494 e. The standard InChI is InChI=1S/C20H24N2O3/c1-2-25-19-9-5-16(6-10-19)21-20(24)15-3-7-17(8-4-15)22-13-11-18(23)12-14-22/h3-10,18,23H,2,11-14H2,1H3,(H,21,24). The van der Waals surface area contributed by atoms with Crippen molar-refractivity contribution in [2.45, 2.75) is 25.9 Å². The van der Waals surface area contributed by atoms with Crippen LogP contribution >= 0.6 is 0 Å². The van der Waals surface area contributed by atoms with Gasteiger partial charge in [-0.2, -0.15) is 0 Å². The molecule has 1 saturated heterocycles. The molecule has 1 heterocycles. The summed E-state index contributed by atoms with van der Waals surface area (Å²) in [4.78, 5) is 14.6. The third-order valence-corrected chi connectivity index (χ3v) is 4.38. The van der Waals surface area contributed by atoms with Crippen molar-refractivity contribution in [3.8, 4) is 5.75 Å². The maximum atomic E-state index is 12.4. The van der Waals surface area contributed by atoms with Crippen LogP contribution in [0, 0.1) is 0 Å². The van der Waals surface area contributed by atoms with E-state index in [1.165, 1.54) is 0 Å². The number of rotatable bonds is 5. The van der Waals surface area contributed by atoms with E-state index in [0.29, 0.717) is 12.2 Å². The number of nitrogens with one attached hydrogen (secondary N) is 1. The summed E-state index contributed by atoms with van der Waals surface area (Å²) >= 11 is 0. The van der Waals surface area contributed by atoms with Gasteiger partial charge in [-0.1, -0.05) is 0 Å². The smallest absolute Gasteiger partial charge is 0.255 e. The van der Waals surface area contributed by atoms with Crippen LogP contribution in [0.4, 0.5) is 11.4 Å². The number of amides is 1. The lowest BCUT2D eigenvalue weighted by Crippen LogP contribution is -2.35. The van der Waals surface area contributed by atoms with Gasteiger partial charge in [0.1, 0.15) is 5.75 Å². The Morgan fingerprint density at radius 1 is 1.12 bits per heavy atom. The Bertz CT molecular complexity index is 690. The predicted molar refractivity (Wildman–Crippen MR) is 99.5 cm³/mol. The van der Waals surface area contributed by atoms with Crippen molar-refractivity contribution in [2.24, 2.45) is 0 Å². The van der Waals surface area contributed by atoms with Gasteiger partial charge in [0, 0.05) is 30.0 Å². The van der Waals surface area contributed by atoms with Gasteiger partial charge in [-0.05, 0) is 68.3 Å². The molecule has 132 valence electrons. The molecule has 2 N–H and O–H groups in total. The maximum Gasteiger partial charge on any atom is 0.255 e. The number of hydrogen-bond donors (Lipinski definition) is 2. The molecule has 0 aliphatic carbocycles. The van der Waals surface area contributed by atoms with Gasteiger partial charge in [0.05, 0.1) is 12.7 Å². The first-order valence-corrected chi connectivity index (χ1v) is 8.73. The molecule has 0 spiro atoms. The van der Waals surface area contributed by atoms with Crippen molar-refractivity contribution in [3.63, 3.8) is 0 Å². The number of ether oxygens (including phenoxy) is 1. The van der Waals surface area contributed by atoms with Crippen molar-refractivity contribution in [1.82, 2.24) is 0 Å². The molecule has 0 radical (unpaired) electrons. The first-order valence-electron chi connectivity index (χ1n) is 8.73. The van der Waals surface area contributed by atoms with Gasteiger partial charge in [-0.3, -0.25) is 4.79 Å². The molecule has 0 unspecified atom stereocenters. The summed E-state index contributed by atoms with van der Waals surface area (Å²) in [5.41, 5.74) is 2.45. The number of hydrogen-bond acceptors (Lipinski definition) is 4. The Morgan fingerprint density at radius 3 is 2.36 bits per heavy atom. The molecule has 0 atom stereocenters. The molecule has 2 aromatic carbocycles. The maximum absolute atomic E-state index is 12.4. The average molecular weight is 340 g/mol. The van der Waals surface area contributed by atoms with E-state index in [9.17, 15) is 9.90 Å². The highest BCUT2D eigenvalue weighted by Gasteiger charge is 2.17. The number of aliphatic hydroxyl groups is 1. The number of piperidine rings is 1. The zero-order valence-corrected chi connectivity index (χ0v) is 14.4. The minimum atomic E-state index is -0.185. The van der Waals surface area contributed by atoms with Gasteiger partial charge in [0.2, 0.25) is 0 Å². The number of nitrogens with zero attached hydrogens (tertiary/aromatic N) is 1. The molecular formula is C20H24N2O3. The minimum absolute atomic E-state index is 0.134. The van der Waals surface area contributed by atoms with E-state index in [2.05, 4.69) is 10.2 Å². The molecule has 1 aliphatic rings. The third-order valence-electron chi connectivity index (χ3n) is 4.38. The first-order chi connectivity index (χ1) is 12.2. The monoisotopic (exact) mass is 340 g/mol. The lowest BCUT2D eigenvalue weighted by molar-refractivity contribution is 0.102. The number of anilines is 2. The van der Waals surface area contributed by atoms with E-state index in [0.717, 1.165) is 43.1 Å². The lowest BCUT2D eigenvalue weighted by Gasteiger charge is -2.31. The number of carbonyl (C=O) groups is 1. The van der Waals surface area contributed by atoms with Gasteiger partial charge < -0.3 is 20.1 Å². The summed E-state index contributed by atoms with van der Waals surface area (Å²) in [6.45, 7) is 4.25. The number of carbonyl (C=O) groups excluding carboxylic acids is 1. The second-order valence-electron chi connectivity index (χ2n) is 6.18. The molecule has 1 fully saturated rings. The first kappa shape index (κ1) is 17.3. The summed E-state index contributed by atoms with van der Waals surface area (Å²) in [5.74, 6) is 0.654. The van der Waals surface area contributed by atoms with Crippen LogP contribution in [-0.2, 0) is 0 Å². The van der Waals surface area contributed by atoms with E-state index in [1.807, 2.05) is 55.5 Å². The molecule has 25 heavy (non-hydrogen) atoms. The molecule has 0 aromatic heterocycles. The summed E-state index contributed by atoms with van der Waals surface area (Å²) in [5, 5.41) is 12.5. The van der Waals surface area contributed by atoms with Crippen LogP contribution in [-0.4, -0.2) is 36.8 Å². The zero-order chi connectivity index (χ0) is 17.6. The van der Waals surface area contributed by atoms with Crippen LogP contribution in [0.1, 0.15) is 30.1 Å². The topological polar surface area (TPSA) is 61.8 Å². The molecule has 1 amide bonds. The summed E-state index contributed by atoms with van der Waals surface area (Å²) in [7, 11) is 0. The van der Waals surface area contributed by atoms with E-state index in [-0.39, 0.29) is 12.0 Å². The number of aliphatic hydroxyl groups excluding tert-OH is 1. The van der Waals surface area contributed by atoms with Gasteiger partial charge in [0.15, 0.2) is 0 Å². The highest BCUT2D eigenvalue weighted by Crippen LogP contribution is 2.21. The summed E-state index contributed by atoms with van der Waals surface area (Å²) in [6.07, 6.45) is 1.40. The second-order valence-corrected chi connectivity index (χ2v) is 6.18. The van der Waals surface area contributed by atoms with Crippen LogP contribution in [0.25, 0.3) is 0 Å². The molecule has 3 rings (SSSR count). The Labute approximate surface area is 148 Å². The number of benzene rings is 2. The largest absolute Gasteiger partial charge is 0.494 e. The molecule has 2 aromatic rings. The third kappa shape index (κ3) is 4.51. The van der Waals surface area contributed by atoms with E-state index in [4.69, 9.17) is 4.74 Å². The highest BCUT2D eigenvalue weighted by molar-refractivity contribution is 6.04. The van der Waals surface area contributed by atoms with Crippen molar-refractivity contribution in [3.05, 3.63) is 54.1 Å². The molecule has 5 nitrogen and oxygen atoms in total. The van der Waals surface area contributed by atoms with Gasteiger partial charge in [-0.25, -0.2) is 0 Å². The van der Waals surface area contributed by atoms with Crippen LogP contribution < -0.4 is 15.0 Å². The zero-order valence-electron chi connectivity index (χ0n) is 14.4. The van der Waals surface area contributed by atoms with Crippen LogP contribution in [0.5, 0.6) is 5.75 Å². The molecular weight excluding hydrogens is 316 g/mol. The Morgan fingerprint density at radius 2 is 1.76 bits per heavy atom. The van der Waals surface area contributed by atoms with E-state index < -0.39 is 0 Å². The van der Waals surface area contributed by atoms with Crippen molar-refractivity contribution in [2.75, 3.05) is 29.9 Å². The second kappa shape index (κ2) is 8.03. The fourth-order valence-electron chi connectivity index (χ4n) is 2.95. The predicted octanol–water partition coefficient (Wildman–Crippen LogP) is 3.30. The van der Waals surface area contributed by atoms with E-state index >= 15 is 0 Å².